The van der Waals surface area contributed by atoms with Gasteiger partial charge in [0.1, 0.15) is 17.3 Å². The van der Waals surface area contributed by atoms with Crippen LogP contribution in [-0.2, 0) is 0 Å². The van der Waals surface area contributed by atoms with E-state index in [2.05, 4.69) is 10.3 Å². The smallest absolute Gasteiger partial charge is 0.255 e. The lowest BCUT2D eigenvalue weighted by Gasteiger charge is -2.09. The molecule has 2 N–H and O–H groups in total. The average molecular weight is 390 g/mol. The van der Waals surface area contributed by atoms with E-state index < -0.39 is 0 Å². The first-order valence-electron chi connectivity index (χ1n) is 8.99. The van der Waals surface area contributed by atoms with Gasteiger partial charge in [-0.25, -0.2) is 4.39 Å². The summed E-state index contributed by atoms with van der Waals surface area (Å²) in [6.07, 6.45) is 0. The first kappa shape index (κ1) is 18.6. The molecule has 0 aliphatic carbocycles. The number of nitrogens with one attached hydrogen (secondary N) is 2. The second-order valence-corrected chi connectivity index (χ2v) is 6.55. The molecular weight excluding hydrogens is 371 g/mol. The molecule has 0 aliphatic heterocycles. The number of hydrogen-bond donors (Lipinski definition) is 2. The zero-order valence-corrected chi connectivity index (χ0v) is 16.0. The van der Waals surface area contributed by atoms with Crippen LogP contribution in [0.5, 0.6) is 11.5 Å². The Morgan fingerprint density at radius 3 is 2.24 bits per heavy atom. The molecular formula is C23H19FN2O3. The number of amides is 1. The van der Waals surface area contributed by atoms with Gasteiger partial charge in [-0.3, -0.25) is 4.79 Å². The van der Waals surface area contributed by atoms with Crippen LogP contribution in [0.2, 0.25) is 0 Å². The number of halogens is 1. The SMILES string of the molecule is COc1cc(OC)cc(C(=O)Nc2ccc(-c3cc4cc(F)ccc4[nH]3)cc2)c1. The number of aromatic nitrogens is 1. The Morgan fingerprint density at radius 1 is 0.897 bits per heavy atom. The summed E-state index contributed by atoms with van der Waals surface area (Å²) in [6, 6.07) is 18.9. The molecule has 4 aromatic rings. The lowest BCUT2D eigenvalue weighted by Crippen LogP contribution is -2.12. The fraction of sp³-hybridized carbons (Fsp3) is 0.0870. The van der Waals surface area contributed by atoms with Crippen LogP contribution >= 0.6 is 0 Å². The average Bonchev–Trinajstić information content (AvgIpc) is 3.17. The normalized spacial score (nSPS) is 10.7. The van der Waals surface area contributed by atoms with Crippen molar-refractivity contribution in [1.82, 2.24) is 4.98 Å². The zero-order valence-electron chi connectivity index (χ0n) is 16.0. The van der Waals surface area contributed by atoms with E-state index in [9.17, 15) is 9.18 Å². The van der Waals surface area contributed by atoms with Crippen molar-refractivity contribution in [3.63, 3.8) is 0 Å². The summed E-state index contributed by atoms with van der Waals surface area (Å²) in [6.45, 7) is 0. The number of carbonyl (C=O) groups is 1. The molecule has 0 atom stereocenters. The fourth-order valence-electron chi connectivity index (χ4n) is 3.13. The van der Waals surface area contributed by atoms with Crippen LogP contribution in [0.4, 0.5) is 10.1 Å². The molecule has 1 heterocycles. The first-order valence-corrected chi connectivity index (χ1v) is 8.99. The highest BCUT2D eigenvalue weighted by Crippen LogP contribution is 2.27. The van der Waals surface area contributed by atoms with Gasteiger partial charge in [-0.05, 0) is 54.1 Å². The second-order valence-electron chi connectivity index (χ2n) is 6.55. The molecule has 1 aromatic heterocycles. The van der Waals surface area contributed by atoms with Gasteiger partial charge < -0.3 is 19.8 Å². The first-order chi connectivity index (χ1) is 14.1. The van der Waals surface area contributed by atoms with E-state index in [1.54, 1.807) is 24.3 Å². The number of H-pyrrole nitrogens is 1. The van der Waals surface area contributed by atoms with Gasteiger partial charge in [0.05, 0.1) is 14.2 Å². The highest BCUT2D eigenvalue weighted by atomic mass is 19.1. The minimum absolute atomic E-state index is 0.268. The molecule has 1 amide bonds. The van der Waals surface area contributed by atoms with Crippen molar-refractivity contribution in [2.75, 3.05) is 19.5 Å². The van der Waals surface area contributed by atoms with Crippen LogP contribution in [0.1, 0.15) is 10.4 Å². The summed E-state index contributed by atoms with van der Waals surface area (Å²) >= 11 is 0. The molecule has 0 saturated heterocycles. The van der Waals surface area contributed by atoms with E-state index in [0.717, 1.165) is 22.2 Å². The molecule has 0 aliphatic rings. The Kier molecular flexibility index (Phi) is 4.91. The third-order valence-electron chi connectivity index (χ3n) is 4.65. The number of ether oxygens (including phenoxy) is 2. The summed E-state index contributed by atoms with van der Waals surface area (Å²) in [5.74, 6) is 0.548. The molecule has 0 bridgehead atoms. The van der Waals surface area contributed by atoms with E-state index in [1.807, 2.05) is 30.3 Å². The largest absolute Gasteiger partial charge is 0.497 e. The maximum atomic E-state index is 13.4. The number of carbonyl (C=O) groups excluding carboxylic acids is 1. The summed E-state index contributed by atoms with van der Waals surface area (Å²) in [5.41, 5.74) is 3.76. The molecule has 0 unspecified atom stereocenters. The van der Waals surface area contributed by atoms with Gasteiger partial charge in [-0.15, -0.1) is 0 Å². The van der Waals surface area contributed by atoms with Crippen molar-refractivity contribution < 1.29 is 18.7 Å². The Labute approximate surface area is 167 Å². The van der Waals surface area contributed by atoms with Gasteiger partial charge in [0.2, 0.25) is 0 Å². The van der Waals surface area contributed by atoms with Crippen LogP contribution in [0, 0.1) is 5.82 Å². The Morgan fingerprint density at radius 2 is 1.59 bits per heavy atom. The van der Waals surface area contributed by atoms with Crippen molar-refractivity contribution in [1.29, 1.82) is 0 Å². The van der Waals surface area contributed by atoms with Crippen molar-refractivity contribution >= 4 is 22.5 Å². The van der Waals surface area contributed by atoms with Gasteiger partial charge in [0.25, 0.3) is 5.91 Å². The Balaban J connectivity index is 1.54. The minimum Gasteiger partial charge on any atom is -0.497 e. The van der Waals surface area contributed by atoms with E-state index in [-0.39, 0.29) is 11.7 Å². The minimum atomic E-state index is -0.268. The van der Waals surface area contributed by atoms with Crippen LogP contribution in [0.15, 0.2) is 66.7 Å². The third kappa shape index (κ3) is 3.91. The lowest BCUT2D eigenvalue weighted by atomic mass is 10.1. The number of rotatable bonds is 5. The predicted octanol–water partition coefficient (Wildman–Crippen LogP) is 5.24. The fourth-order valence-corrected chi connectivity index (χ4v) is 3.13. The lowest BCUT2D eigenvalue weighted by molar-refractivity contribution is 0.102. The van der Waals surface area contributed by atoms with Gasteiger partial charge in [0.15, 0.2) is 0 Å². The quantitative estimate of drug-likeness (QED) is 0.490. The molecule has 0 fully saturated rings. The molecule has 6 heteroatoms. The molecule has 5 nitrogen and oxygen atoms in total. The number of aromatic amines is 1. The van der Waals surface area contributed by atoms with Gasteiger partial charge in [-0.1, -0.05) is 12.1 Å². The van der Waals surface area contributed by atoms with Gasteiger partial charge >= 0.3 is 0 Å². The van der Waals surface area contributed by atoms with Crippen LogP contribution in [-0.4, -0.2) is 25.1 Å². The summed E-state index contributed by atoms with van der Waals surface area (Å²) < 4.78 is 23.8. The standard InChI is InChI=1S/C23H19FN2O3/c1-28-19-10-16(11-20(13-19)29-2)23(27)25-18-6-3-14(4-7-18)22-12-15-9-17(24)5-8-21(15)26-22/h3-13,26H,1-2H3,(H,25,27). The number of anilines is 1. The van der Waals surface area contributed by atoms with Crippen molar-refractivity contribution in [2.45, 2.75) is 0 Å². The molecule has 3 aromatic carbocycles. The van der Waals surface area contributed by atoms with Gasteiger partial charge in [0, 0.05) is 33.9 Å². The summed E-state index contributed by atoms with van der Waals surface area (Å²) in [7, 11) is 3.07. The monoisotopic (exact) mass is 390 g/mol. The Hall–Kier alpha value is -3.80. The Bertz CT molecular complexity index is 1160. The molecule has 29 heavy (non-hydrogen) atoms. The maximum absolute atomic E-state index is 13.4. The van der Waals surface area contributed by atoms with E-state index in [1.165, 1.54) is 26.4 Å². The zero-order chi connectivity index (χ0) is 20.4. The molecule has 4 rings (SSSR count). The second kappa shape index (κ2) is 7.67. The van der Waals surface area contributed by atoms with E-state index in [4.69, 9.17) is 9.47 Å². The topological polar surface area (TPSA) is 63.4 Å². The third-order valence-corrected chi connectivity index (χ3v) is 4.65. The van der Waals surface area contributed by atoms with E-state index >= 15 is 0 Å². The molecule has 146 valence electrons. The summed E-state index contributed by atoms with van der Waals surface area (Å²) in [5, 5.41) is 3.67. The van der Waals surface area contributed by atoms with Crippen LogP contribution in [0.3, 0.4) is 0 Å². The predicted molar refractivity (Wildman–Crippen MR) is 111 cm³/mol. The number of benzene rings is 3. The van der Waals surface area contributed by atoms with Gasteiger partial charge in [-0.2, -0.15) is 0 Å². The van der Waals surface area contributed by atoms with E-state index in [0.29, 0.717) is 22.7 Å². The highest BCUT2D eigenvalue weighted by molar-refractivity contribution is 6.05. The van der Waals surface area contributed by atoms with Crippen molar-refractivity contribution in [2.24, 2.45) is 0 Å². The number of hydrogen-bond acceptors (Lipinski definition) is 3. The van der Waals surface area contributed by atoms with Crippen molar-refractivity contribution in [3.8, 4) is 22.8 Å². The summed E-state index contributed by atoms with van der Waals surface area (Å²) in [4.78, 5) is 15.9. The molecule has 0 saturated carbocycles. The number of fused-ring (bicyclic) bond motifs is 1. The highest BCUT2D eigenvalue weighted by Gasteiger charge is 2.11. The maximum Gasteiger partial charge on any atom is 0.255 e. The van der Waals surface area contributed by atoms with Crippen LogP contribution < -0.4 is 14.8 Å². The van der Waals surface area contributed by atoms with Crippen molar-refractivity contribution in [3.05, 3.63) is 78.1 Å². The number of methoxy groups -OCH3 is 2. The van der Waals surface area contributed by atoms with Crippen LogP contribution in [0.25, 0.3) is 22.2 Å². The molecule has 0 radical (unpaired) electrons. The molecule has 0 spiro atoms.